The van der Waals surface area contributed by atoms with Crippen LogP contribution in [0.2, 0.25) is 0 Å². The van der Waals surface area contributed by atoms with E-state index in [1.807, 2.05) is 18.2 Å². The van der Waals surface area contributed by atoms with E-state index in [4.69, 9.17) is 4.74 Å². The predicted molar refractivity (Wildman–Crippen MR) is 75.2 cm³/mol. The first-order chi connectivity index (χ1) is 9.38. The second-order valence-corrected chi connectivity index (χ2v) is 5.71. The molecule has 0 spiro atoms. The Balaban J connectivity index is 1.47. The molecule has 2 atom stereocenters. The number of aromatic nitrogens is 2. The van der Waals surface area contributed by atoms with Crippen molar-refractivity contribution in [2.24, 2.45) is 5.92 Å². The van der Waals surface area contributed by atoms with Crippen molar-refractivity contribution < 1.29 is 4.74 Å². The van der Waals surface area contributed by atoms with Gasteiger partial charge in [-0.1, -0.05) is 12.1 Å². The zero-order valence-electron chi connectivity index (χ0n) is 10.9. The molecule has 4 rings (SSSR count). The molecule has 2 fully saturated rings. The fourth-order valence-electron chi connectivity index (χ4n) is 2.97. The lowest BCUT2D eigenvalue weighted by Gasteiger charge is -2.30. The Morgan fingerprint density at radius 3 is 2.95 bits per heavy atom. The number of imidazole rings is 1. The molecule has 1 aliphatic heterocycles. The third-order valence-electron chi connectivity index (χ3n) is 4.19. The smallest absolute Gasteiger partial charge is 0.201 e. The number of ether oxygens (including phenoxy) is 1. The van der Waals surface area contributed by atoms with Crippen LogP contribution in [0.25, 0.3) is 11.0 Å². The van der Waals surface area contributed by atoms with E-state index in [1.54, 1.807) is 0 Å². The van der Waals surface area contributed by atoms with Gasteiger partial charge in [-0.25, -0.2) is 4.98 Å². The summed E-state index contributed by atoms with van der Waals surface area (Å²) in [5.74, 6) is 1.71. The van der Waals surface area contributed by atoms with E-state index >= 15 is 0 Å². The van der Waals surface area contributed by atoms with Gasteiger partial charge >= 0.3 is 0 Å². The normalized spacial score (nSPS) is 27.6. The number of aromatic amines is 1. The Kier molecular flexibility index (Phi) is 2.69. The molecule has 2 unspecified atom stereocenters. The standard InChI is InChI=1S/C15H19N3O/c1-2-4-13-12(3-1)17-15(18-13)16-11-7-8-19-14(9-11)10-5-6-10/h1-4,10-11,14H,5-9H2,(H2,16,17,18). The number of rotatable bonds is 3. The SMILES string of the molecule is c1ccc2[nH]c(NC3CCOC(C4CC4)C3)nc2c1. The van der Waals surface area contributed by atoms with Crippen LogP contribution in [0.3, 0.4) is 0 Å². The highest BCUT2D eigenvalue weighted by Gasteiger charge is 2.35. The van der Waals surface area contributed by atoms with E-state index in [2.05, 4.69) is 21.4 Å². The molecule has 1 aliphatic carbocycles. The summed E-state index contributed by atoms with van der Waals surface area (Å²) in [6.45, 7) is 0.874. The predicted octanol–water partition coefficient (Wildman–Crippen LogP) is 2.93. The van der Waals surface area contributed by atoms with Crippen LogP contribution in [-0.4, -0.2) is 28.7 Å². The van der Waals surface area contributed by atoms with Gasteiger partial charge in [-0.05, 0) is 43.7 Å². The van der Waals surface area contributed by atoms with Gasteiger partial charge in [0.25, 0.3) is 0 Å². The highest BCUT2D eigenvalue weighted by Crippen LogP contribution is 2.38. The maximum Gasteiger partial charge on any atom is 0.201 e. The first-order valence-corrected chi connectivity index (χ1v) is 7.21. The van der Waals surface area contributed by atoms with Gasteiger partial charge in [-0.15, -0.1) is 0 Å². The summed E-state index contributed by atoms with van der Waals surface area (Å²) >= 11 is 0. The van der Waals surface area contributed by atoms with Crippen molar-refractivity contribution in [2.45, 2.75) is 37.8 Å². The van der Waals surface area contributed by atoms with Crippen molar-refractivity contribution in [3.8, 4) is 0 Å². The average molecular weight is 257 g/mol. The number of benzene rings is 1. The van der Waals surface area contributed by atoms with Crippen molar-refractivity contribution in [3.05, 3.63) is 24.3 Å². The maximum atomic E-state index is 5.86. The number of para-hydroxylation sites is 2. The van der Waals surface area contributed by atoms with Crippen LogP contribution in [0, 0.1) is 5.92 Å². The van der Waals surface area contributed by atoms with Gasteiger partial charge in [-0.2, -0.15) is 0 Å². The summed E-state index contributed by atoms with van der Waals surface area (Å²) in [5, 5.41) is 3.54. The molecule has 2 heterocycles. The second-order valence-electron chi connectivity index (χ2n) is 5.71. The molecule has 19 heavy (non-hydrogen) atoms. The summed E-state index contributed by atoms with van der Waals surface area (Å²) < 4.78 is 5.86. The van der Waals surface area contributed by atoms with E-state index in [1.165, 1.54) is 12.8 Å². The minimum Gasteiger partial charge on any atom is -0.378 e. The number of nitrogens with one attached hydrogen (secondary N) is 2. The Morgan fingerprint density at radius 1 is 1.21 bits per heavy atom. The van der Waals surface area contributed by atoms with E-state index < -0.39 is 0 Å². The molecule has 0 bridgehead atoms. The fraction of sp³-hybridized carbons (Fsp3) is 0.533. The van der Waals surface area contributed by atoms with Crippen LogP contribution in [-0.2, 0) is 4.74 Å². The quantitative estimate of drug-likeness (QED) is 0.888. The van der Waals surface area contributed by atoms with Crippen LogP contribution < -0.4 is 5.32 Å². The maximum absolute atomic E-state index is 5.86. The first-order valence-electron chi connectivity index (χ1n) is 7.21. The first kappa shape index (κ1) is 11.3. The molecular formula is C15H19N3O. The van der Waals surface area contributed by atoms with Crippen molar-refractivity contribution in [2.75, 3.05) is 11.9 Å². The summed E-state index contributed by atoms with van der Waals surface area (Å²) in [4.78, 5) is 7.92. The van der Waals surface area contributed by atoms with Crippen LogP contribution >= 0.6 is 0 Å². The third-order valence-corrected chi connectivity index (χ3v) is 4.19. The molecule has 2 aromatic rings. The summed E-state index contributed by atoms with van der Waals surface area (Å²) in [7, 11) is 0. The molecule has 1 aromatic heterocycles. The molecule has 2 aliphatic rings. The Bertz CT molecular complexity index is 543. The zero-order valence-corrected chi connectivity index (χ0v) is 10.9. The molecule has 1 aromatic carbocycles. The molecule has 0 radical (unpaired) electrons. The topological polar surface area (TPSA) is 49.9 Å². The van der Waals surface area contributed by atoms with E-state index in [0.29, 0.717) is 12.1 Å². The van der Waals surface area contributed by atoms with Gasteiger partial charge in [0.2, 0.25) is 5.95 Å². The molecular weight excluding hydrogens is 238 g/mol. The molecule has 100 valence electrons. The fourth-order valence-corrected chi connectivity index (χ4v) is 2.97. The van der Waals surface area contributed by atoms with Crippen molar-refractivity contribution >= 4 is 17.0 Å². The number of anilines is 1. The lowest BCUT2D eigenvalue weighted by Crippen LogP contribution is -2.35. The third kappa shape index (κ3) is 2.32. The van der Waals surface area contributed by atoms with Crippen molar-refractivity contribution in [1.82, 2.24) is 9.97 Å². The Hall–Kier alpha value is -1.55. The van der Waals surface area contributed by atoms with E-state index in [-0.39, 0.29) is 0 Å². The van der Waals surface area contributed by atoms with Gasteiger partial charge < -0.3 is 15.0 Å². The van der Waals surface area contributed by atoms with Crippen LogP contribution in [0.15, 0.2) is 24.3 Å². The number of nitrogens with zero attached hydrogens (tertiary/aromatic N) is 1. The molecule has 4 heteroatoms. The number of fused-ring (bicyclic) bond motifs is 1. The molecule has 0 amide bonds. The Labute approximate surface area is 112 Å². The van der Waals surface area contributed by atoms with Gasteiger partial charge in [-0.3, -0.25) is 0 Å². The lowest BCUT2D eigenvalue weighted by molar-refractivity contribution is -0.00227. The average Bonchev–Trinajstić information content (AvgIpc) is 3.20. The van der Waals surface area contributed by atoms with Crippen LogP contribution in [0.4, 0.5) is 5.95 Å². The number of hydrogen-bond donors (Lipinski definition) is 2. The molecule has 1 saturated heterocycles. The van der Waals surface area contributed by atoms with E-state index in [0.717, 1.165) is 42.3 Å². The summed E-state index contributed by atoms with van der Waals surface area (Å²) in [6.07, 6.45) is 5.35. The molecule has 2 N–H and O–H groups in total. The van der Waals surface area contributed by atoms with Gasteiger partial charge in [0, 0.05) is 12.6 Å². The van der Waals surface area contributed by atoms with Gasteiger partial charge in [0.1, 0.15) is 0 Å². The summed E-state index contributed by atoms with van der Waals surface area (Å²) in [6, 6.07) is 8.63. The number of H-pyrrole nitrogens is 1. The largest absolute Gasteiger partial charge is 0.378 e. The lowest BCUT2D eigenvalue weighted by atomic mass is 10.0. The summed E-state index contributed by atoms with van der Waals surface area (Å²) in [5.41, 5.74) is 2.12. The highest BCUT2D eigenvalue weighted by molar-refractivity contribution is 5.77. The van der Waals surface area contributed by atoms with Crippen LogP contribution in [0.1, 0.15) is 25.7 Å². The minimum atomic E-state index is 0.468. The monoisotopic (exact) mass is 257 g/mol. The molecule has 1 saturated carbocycles. The molecule has 4 nitrogen and oxygen atoms in total. The van der Waals surface area contributed by atoms with Gasteiger partial charge in [0.05, 0.1) is 17.1 Å². The Morgan fingerprint density at radius 2 is 2.11 bits per heavy atom. The zero-order chi connectivity index (χ0) is 12.7. The van der Waals surface area contributed by atoms with Crippen molar-refractivity contribution in [3.63, 3.8) is 0 Å². The minimum absolute atomic E-state index is 0.468. The second kappa shape index (κ2) is 4.53. The number of hydrogen-bond acceptors (Lipinski definition) is 3. The van der Waals surface area contributed by atoms with E-state index in [9.17, 15) is 0 Å². The highest BCUT2D eigenvalue weighted by atomic mass is 16.5. The van der Waals surface area contributed by atoms with Crippen molar-refractivity contribution in [1.29, 1.82) is 0 Å². The van der Waals surface area contributed by atoms with Crippen LogP contribution in [0.5, 0.6) is 0 Å². The van der Waals surface area contributed by atoms with Gasteiger partial charge in [0.15, 0.2) is 0 Å².